The zero-order valence-corrected chi connectivity index (χ0v) is 21.4. The van der Waals surface area contributed by atoms with Crippen molar-refractivity contribution in [1.82, 2.24) is 14.5 Å². The molecule has 37 heavy (non-hydrogen) atoms. The second-order valence-corrected chi connectivity index (χ2v) is 9.81. The van der Waals surface area contributed by atoms with Crippen LogP contribution in [-0.2, 0) is 24.4 Å². The molecule has 0 aliphatic heterocycles. The molecule has 0 saturated heterocycles. The van der Waals surface area contributed by atoms with Crippen LogP contribution in [0.2, 0.25) is 0 Å². The summed E-state index contributed by atoms with van der Waals surface area (Å²) in [7, 11) is 3.40. The third kappa shape index (κ3) is 6.68. The topological polar surface area (TPSA) is 64.4 Å². The van der Waals surface area contributed by atoms with Crippen LogP contribution in [0.25, 0.3) is 10.2 Å². The summed E-state index contributed by atoms with van der Waals surface area (Å²) >= 11 is 1.41. The second kappa shape index (κ2) is 11.9. The molecule has 2 aromatic carbocycles. The molecule has 0 fully saturated rings. The number of benzene rings is 2. The van der Waals surface area contributed by atoms with E-state index in [-0.39, 0.29) is 23.6 Å². The maximum absolute atomic E-state index is 14.0. The lowest BCUT2D eigenvalue weighted by Crippen LogP contribution is -2.23. The minimum atomic E-state index is -0.658. The third-order valence-electron chi connectivity index (χ3n) is 5.74. The van der Waals surface area contributed by atoms with Crippen LogP contribution in [0.4, 0.5) is 8.78 Å². The number of carbonyl (C=O) groups excluding carboxylic acids is 1. The van der Waals surface area contributed by atoms with E-state index in [2.05, 4.69) is 4.98 Å². The maximum Gasteiger partial charge on any atom is 0.254 e. The molecule has 1 amide bonds. The number of nitrogens with zero attached hydrogens (tertiary/aromatic N) is 3. The van der Waals surface area contributed by atoms with Gasteiger partial charge in [-0.25, -0.2) is 13.8 Å². The van der Waals surface area contributed by atoms with Gasteiger partial charge >= 0.3 is 0 Å². The molecule has 4 rings (SSSR count). The first-order valence-electron chi connectivity index (χ1n) is 11.8. The summed E-state index contributed by atoms with van der Waals surface area (Å²) in [6, 6.07) is 12.5. The number of halogens is 2. The van der Waals surface area contributed by atoms with Gasteiger partial charge < -0.3 is 14.2 Å². The standard InChI is InChI=1S/C28H27F2N3O3S/c1-32(2)26(34)12-5-3-4-8-19-9-7-15-33(28(19)35)17-25-31-23-10-6-11-24(27(23)37-25)36-18-20-13-14-21(29)16-22(20)30/h5-7,9-16H,3-4,8,17-18H2,1-2H3/b12-5+. The molecule has 0 saturated carbocycles. The van der Waals surface area contributed by atoms with Crippen molar-refractivity contribution >= 4 is 27.5 Å². The zero-order valence-electron chi connectivity index (χ0n) is 20.6. The number of aromatic nitrogens is 2. The molecule has 0 spiro atoms. The molecule has 0 N–H and O–H groups in total. The Kier molecular flexibility index (Phi) is 8.45. The highest BCUT2D eigenvalue weighted by Crippen LogP contribution is 2.32. The first-order valence-corrected chi connectivity index (χ1v) is 12.6. The Bertz CT molecular complexity index is 1490. The summed E-state index contributed by atoms with van der Waals surface area (Å²) in [5.74, 6) is -0.807. The number of ether oxygens (including phenoxy) is 1. The third-order valence-corrected chi connectivity index (χ3v) is 6.81. The molecular weight excluding hydrogens is 496 g/mol. The van der Waals surface area contributed by atoms with E-state index in [1.807, 2.05) is 24.3 Å². The molecular formula is C28H27F2N3O3S. The van der Waals surface area contributed by atoms with Gasteiger partial charge in [0.25, 0.3) is 5.56 Å². The van der Waals surface area contributed by atoms with Crippen LogP contribution < -0.4 is 10.3 Å². The monoisotopic (exact) mass is 523 g/mol. The summed E-state index contributed by atoms with van der Waals surface area (Å²) in [4.78, 5) is 30.8. The van der Waals surface area contributed by atoms with Gasteiger partial charge in [-0.05, 0) is 55.7 Å². The van der Waals surface area contributed by atoms with Gasteiger partial charge in [0, 0.05) is 37.5 Å². The number of allylic oxidation sites excluding steroid dienone is 1. The predicted molar refractivity (Wildman–Crippen MR) is 141 cm³/mol. The van der Waals surface area contributed by atoms with E-state index in [4.69, 9.17) is 4.74 Å². The quantitative estimate of drug-likeness (QED) is 0.208. The van der Waals surface area contributed by atoms with Crippen LogP contribution in [0.15, 0.2) is 71.7 Å². The van der Waals surface area contributed by atoms with Crippen molar-refractivity contribution in [2.45, 2.75) is 32.4 Å². The fraction of sp³-hybridized carbons (Fsp3) is 0.250. The van der Waals surface area contributed by atoms with Gasteiger partial charge in [-0.2, -0.15) is 0 Å². The number of unbranched alkanes of at least 4 members (excludes halogenated alkanes) is 1. The molecule has 0 radical (unpaired) electrons. The van der Waals surface area contributed by atoms with Crippen LogP contribution in [0.5, 0.6) is 5.75 Å². The molecule has 0 unspecified atom stereocenters. The number of likely N-dealkylation sites (N-methyl/N-ethyl adjacent to an activating group) is 1. The van der Waals surface area contributed by atoms with E-state index >= 15 is 0 Å². The summed E-state index contributed by atoms with van der Waals surface area (Å²) in [5.41, 5.74) is 1.62. The van der Waals surface area contributed by atoms with Crippen LogP contribution in [0.3, 0.4) is 0 Å². The van der Waals surface area contributed by atoms with Crippen molar-refractivity contribution < 1.29 is 18.3 Å². The molecule has 9 heteroatoms. The highest BCUT2D eigenvalue weighted by Gasteiger charge is 2.12. The molecule has 0 bridgehead atoms. The Balaban J connectivity index is 1.43. The average Bonchev–Trinajstić information content (AvgIpc) is 3.28. The smallest absolute Gasteiger partial charge is 0.254 e. The summed E-state index contributed by atoms with van der Waals surface area (Å²) in [6.45, 7) is 0.272. The van der Waals surface area contributed by atoms with Gasteiger partial charge in [-0.1, -0.05) is 18.2 Å². The molecule has 0 atom stereocenters. The van der Waals surface area contributed by atoms with Crippen molar-refractivity contribution in [3.8, 4) is 5.75 Å². The normalized spacial score (nSPS) is 11.4. The van der Waals surface area contributed by atoms with E-state index < -0.39 is 11.6 Å². The minimum absolute atomic E-state index is 0.0432. The molecule has 6 nitrogen and oxygen atoms in total. The van der Waals surface area contributed by atoms with Crippen LogP contribution >= 0.6 is 11.3 Å². The number of amides is 1. The van der Waals surface area contributed by atoms with E-state index in [0.29, 0.717) is 30.7 Å². The van der Waals surface area contributed by atoms with Gasteiger partial charge in [0.2, 0.25) is 5.91 Å². The SMILES string of the molecule is CN(C)C(=O)/C=C/CCCc1cccn(Cc2nc3cccc(OCc4ccc(F)cc4F)c3s2)c1=O. The first-order chi connectivity index (χ1) is 17.8. The molecule has 0 aliphatic carbocycles. The van der Waals surface area contributed by atoms with Crippen molar-refractivity contribution in [3.63, 3.8) is 0 Å². The lowest BCUT2D eigenvalue weighted by Gasteiger charge is -2.08. The van der Waals surface area contributed by atoms with E-state index in [0.717, 1.165) is 27.7 Å². The zero-order chi connectivity index (χ0) is 26.4. The Hall–Kier alpha value is -3.85. The number of hydrogen-bond donors (Lipinski definition) is 0. The fourth-order valence-electron chi connectivity index (χ4n) is 3.74. The number of carbonyl (C=O) groups is 1. The molecule has 0 aliphatic rings. The van der Waals surface area contributed by atoms with Gasteiger partial charge in [0.05, 0.1) is 16.8 Å². The lowest BCUT2D eigenvalue weighted by molar-refractivity contribution is -0.123. The summed E-state index contributed by atoms with van der Waals surface area (Å²) in [5, 5.41) is 0.739. The van der Waals surface area contributed by atoms with E-state index in [1.165, 1.54) is 28.4 Å². The lowest BCUT2D eigenvalue weighted by atomic mass is 10.1. The van der Waals surface area contributed by atoms with Crippen molar-refractivity contribution in [1.29, 1.82) is 0 Å². The van der Waals surface area contributed by atoms with Crippen molar-refractivity contribution in [2.24, 2.45) is 0 Å². The summed E-state index contributed by atoms with van der Waals surface area (Å²) < 4.78 is 35.4. The van der Waals surface area contributed by atoms with Crippen molar-refractivity contribution in [2.75, 3.05) is 14.1 Å². The Labute approximate surface area is 217 Å². The largest absolute Gasteiger partial charge is 0.487 e. The van der Waals surface area contributed by atoms with E-state index in [9.17, 15) is 18.4 Å². The Morgan fingerprint density at radius 2 is 1.97 bits per heavy atom. The molecule has 4 aromatic rings. The van der Waals surface area contributed by atoms with Crippen LogP contribution in [0, 0.1) is 11.6 Å². The Morgan fingerprint density at radius 3 is 2.76 bits per heavy atom. The number of fused-ring (bicyclic) bond motifs is 1. The number of hydrogen-bond acceptors (Lipinski definition) is 5. The first kappa shape index (κ1) is 26.2. The van der Waals surface area contributed by atoms with Crippen molar-refractivity contribution in [3.05, 3.63) is 105 Å². The van der Waals surface area contributed by atoms with Gasteiger partial charge in [0.1, 0.15) is 29.0 Å². The highest BCUT2D eigenvalue weighted by molar-refractivity contribution is 7.19. The number of pyridine rings is 1. The Morgan fingerprint density at radius 1 is 1.14 bits per heavy atom. The van der Waals surface area contributed by atoms with Crippen LogP contribution in [-0.4, -0.2) is 34.5 Å². The van der Waals surface area contributed by atoms with Gasteiger partial charge in [0.15, 0.2) is 0 Å². The molecule has 192 valence electrons. The van der Waals surface area contributed by atoms with Gasteiger partial charge in [-0.3, -0.25) is 9.59 Å². The number of aryl methyl sites for hydroxylation is 1. The number of rotatable bonds is 10. The number of thiazole rings is 1. The molecule has 2 heterocycles. The average molecular weight is 524 g/mol. The van der Waals surface area contributed by atoms with E-state index in [1.54, 1.807) is 43.1 Å². The minimum Gasteiger partial charge on any atom is -0.487 e. The highest BCUT2D eigenvalue weighted by atomic mass is 32.1. The van der Waals surface area contributed by atoms with Crippen LogP contribution in [0.1, 0.15) is 29.0 Å². The summed E-state index contributed by atoms with van der Waals surface area (Å²) in [6.07, 6.45) is 7.18. The predicted octanol–water partition coefficient (Wildman–Crippen LogP) is 5.33. The maximum atomic E-state index is 14.0. The van der Waals surface area contributed by atoms with Gasteiger partial charge in [-0.15, -0.1) is 11.3 Å². The fourth-order valence-corrected chi connectivity index (χ4v) is 4.77. The second-order valence-electron chi connectivity index (χ2n) is 8.73. The molecule has 2 aromatic heterocycles.